The van der Waals surface area contributed by atoms with Crippen LogP contribution >= 0.6 is 22.7 Å². The summed E-state index contributed by atoms with van der Waals surface area (Å²) in [6.45, 7) is 2.62. The summed E-state index contributed by atoms with van der Waals surface area (Å²) in [4.78, 5) is 61.8. The topological polar surface area (TPSA) is 113 Å². The first-order chi connectivity index (χ1) is 19.2. The monoisotopic (exact) mass is 570 g/mol. The van der Waals surface area contributed by atoms with Crippen molar-refractivity contribution >= 4 is 66.6 Å². The lowest BCUT2D eigenvalue weighted by Crippen LogP contribution is -2.69. The SMILES string of the molecule is CC(=O)OC1(c2nc3ccccc3s2)C=CC(=O)C2C3C(=O)C=CC(OC(C)=O)(c4nc5ccccc5s4)C3C21. The van der Waals surface area contributed by atoms with Crippen molar-refractivity contribution in [2.75, 3.05) is 0 Å². The Bertz CT molecular complexity index is 1620. The van der Waals surface area contributed by atoms with E-state index in [0.29, 0.717) is 10.0 Å². The third kappa shape index (κ3) is 3.42. The van der Waals surface area contributed by atoms with E-state index >= 15 is 0 Å². The van der Waals surface area contributed by atoms with Gasteiger partial charge < -0.3 is 9.47 Å². The van der Waals surface area contributed by atoms with Crippen LogP contribution in [0.4, 0.5) is 0 Å². The van der Waals surface area contributed by atoms with Gasteiger partial charge in [0.1, 0.15) is 10.0 Å². The molecule has 7 rings (SSSR count). The molecule has 1 fully saturated rings. The number of carbonyl (C=O) groups excluding carboxylic acids is 4. The van der Waals surface area contributed by atoms with Gasteiger partial charge in [-0.2, -0.15) is 0 Å². The van der Waals surface area contributed by atoms with E-state index in [4.69, 9.17) is 19.4 Å². The maximum atomic E-state index is 13.4. The zero-order valence-corrected chi connectivity index (χ0v) is 23.0. The molecule has 200 valence electrons. The van der Waals surface area contributed by atoms with Crippen molar-refractivity contribution in [3.8, 4) is 0 Å². The fourth-order valence-corrected chi connectivity index (χ4v) is 8.90. The second-order valence-corrected chi connectivity index (χ2v) is 12.4. The predicted octanol–water partition coefficient (Wildman–Crippen LogP) is 4.88. The van der Waals surface area contributed by atoms with Crippen LogP contribution in [0.25, 0.3) is 20.4 Å². The fraction of sp³-hybridized carbons (Fsp3) is 0.267. The predicted molar refractivity (Wildman–Crippen MR) is 148 cm³/mol. The van der Waals surface area contributed by atoms with E-state index in [2.05, 4.69) is 0 Å². The molecular formula is C30H22N2O6S2. The lowest BCUT2D eigenvalue weighted by molar-refractivity contribution is -0.226. The lowest BCUT2D eigenvalue weighted by Gasteiger charge is -2.62. The van der Waals surface area contributed by atoms with Crippen LogP contribution in [0.15, 0.2) is 72.8 Å². The Labute approximate surface area is 236 Å². The summed E-state index contributed by atoms with van der Waals surface area (Å²) in [5.74, 6) is -4.64. The molecule has 3 aliphatic rings. The second kappa shape index (κ2) is 8.74. The maximum Gasteiger partial charge on any atom is 0.303 e. The van der Waals surface area contributed by atoms with Crippen LogP contribution in [0.2, 0.25) is 0 Å². The molecule has 6 unspecified atom stereocenters. The number of ketones is 2. The molecule has 40 heavy (non-hydrogen) atoms. The molecule has 0 N–H and O–H groups in total. The van der Waals surface area contributed by atoms with Crippen molar-refractivity contribution in [3.05, 3.63) is 82.9 Å². The van der Waals surface area contributed by atoms with Gasteiger partial charge in [0.15, 0.2) is 22.8 Å². The van der Waals surface area contributed by atoms with Gasteiger partial charge in [-0.15, -0.1) is 22.7 Å². The lowest BCUT2D eigenvalue weighted by atomic mass is 9.42. The number of fused-ring (bicyclic) bond motifs is 6. The van der Waals surface area contributed by atoms with Gasteiger partial charge in [-0.3, -0.25) is 19.2 Å². The first-order valence-corrected chi connectivity index (χ1v) is 14.4. The number of rotatable bonds is 4. The first kappa shape index (κ1) is 25.0. The van der Waals surface area contributed by atoms with Crippen molar-refractivity contribution in [1.82, 2.24) is 9.97 Å². The van der Waals surface area contributed by atoms with Crippen molar-refractivity contribution < 1.29 is 28.7 Å². The number of esters is 2. The third-order valence-electron chi connectivity index (χ3n) is 8.07. The fourth-order valence-electron chi connectivity index (χ4n) is 6.65. The minimum Gasteiger partial charge on any atom is -0.447 e. The van der Waals surface area contributed by atoms with Gasteiger partial charge in [0.05, 0.1) is 20.4 Å². The highest BCUT2D eigenvalue weighted by atomic mass is 32.1. The van der Waals surface area contributed by atoms with E-state index in [1.54, 1.807) is 12.2 Å². The van der Waals surface area contributed by atoms with Crippen molar-refractivity contribution in [2.45, 2.75) is 25.0 Å². The van der Waals surface area contributed by atoms with Crippen LogP contribution in [-0.2, 0) is 39.9 Å². The Morgan fingerprint density at radius 1 is 0.700 bits per heavy atom. The zero-order valence-electron chi connectivity index (χ0n) is 21.4. The van der Waals surface area contributed by atoms with E-state index in [1.165, 1.54) is 48.7 Å². The molecule has 4 aromatic rings. The average molecular weight is 571 g/mol. The van der Waals surface area contributed by atoms with Crippen molar-refractivity contribution in [3.63, 3.8) is 0 Å². The summed E-state index contributed by atoms with van der Waals surface area (Å²) in [6.07, 6.45) is 5.96. The molecule has 6 atom stereocenters. The molecule has 0 bridgehead atoms. The number of thiazole rings is 2. The van der Waals surface area contributed by atoms with Gasteiger partial charge in [-0.25, -0.2) is 9.97 Å². The minimum absolute atomic E-state index is 0.236. The number of carbonyl (C=O) groups is 4. The number of para-hydroxylation sites is 2. The van der Waals surface area contributed by atoms with E-state index in [9.17, 15) is 19.2 Å². The molecule has 0 radical (unpaired) electrons. The van der Waals surface area contributed by atoms with Crippen LogP contribution in [-0.4, -0.2) is 33.5 Å². The summed E-state index contributed by atoms with van der Waals surface area (Å²) < 4.78 is 14.0. The standard InChI is InChI=1S/C30H22N2O6S2/c1-15(33)37-29(27-31-17-7-3-5-9-21(17)39-27)13-11-19(35)23-24-20(36)12-14-30(38-16(2)34,26(24)25(23)29)28-32-18-8-4-6-10-22(18)40-28/h3-14,23-26H,1-2H3. The van der Waals surface area contributed by atoms with Gasteiger partial charge >= 0.3 is 11.9 Å². The number of hydrogen-bond donors (Lipinski definition) is 0. The molecule has 2 aromatic heterocycles. The highest BCUT2D eigenvalue weighted by Gasteiger charge is 2.74. The molecule has 0 saturated heterocycles. The van der Waals surface area contributed by atoms with Crippen molar-refractivity contribution in [2.24, 2.45) is 23.7 Å². The van der Waals surface area contributed by atoms with E-state index in [-0.39, 0.29) is 11.6 Å². The number of benzene rings is 2. The van der Waals surface area contributed by atoms with E-state index in [1.807, 2.05) is 48.5 Å². The van der Waals surface area contributed by atoms with Crippen LogP contribution in [0.3, 0.4) is 0 Å². The smallest absolute Gasteiger partial charge is 0.303 e. The number of allylic oxidation sites excluding steroid dienone is 2. The zero-order chi connectivity index (χ0) is 27.8. The van der Waals surface area contributed by atoms with Crippen LogP contribution in [0.1, 0.15) is 23.9 Å². The summed E-state index contributed by atoms with van der Waals surface area (Å²) in [5, 5.41) is 0.980. The molecule has 8 nitrogen and oxygen atoms in total. The Morgan fingerprint density at radius 3 is 1.48 bits per heavy atom. The molecule has 2 heterocycles. The molecule has 0 amide bonds. The van der Waals surface area contributed by atoms with Crippen LogP contribution in [0, 0.1) is 23.7 Å². The molecular weight excluding hydrogens is 548 g/mol. The molecule has 0 spiro atoms. The first-order valence-electron chi connectivity index (χ1n) is 12.8. The highest BCUT2D eigenvalue weighted by molar-refractivity contribution is 7.19. The largest absolute Gasteiger partial charge is 0.447 e. The minimum atomic E-state index is -1.46. The Morgan fingerprint density at radius 2 is 1.10 bits per heavy atom. The van der Waals surface area contributed by atoms with Gasteiger partial charge in [0.2, 0.25) is 0 Å². The number of nitrogens with zero attached hydrogens (tertiary/aromatic N) is 2. The molecule has 0 aliphatic heterocycles. The Balaban J connectivity index is 1.49. The molecule has 3 aliphatic carbocycles. The van der Waals surface area contributed by atoms with Gasteiger partial charge in [-0.05, 0) is 48.6 Å². The van der Waals surface area contributed by atoms with Crippen LogP contribution in [0.5, 0.6) is 0 Å². The number of aromatic nitrogens is 2. The number of hydrogen-bond acceptors (Lipinski definition) is 10. The average Bonchev–Trinajstić information content (AvgIpc) is 3.53. The second-order valence-electron chi connectivity index (χ2n) is 10.3. The Hall–Kier alpha value is -4.02. The summed E-state index contributed by atoms with van der Waals surface area (Å²) in [5.41, 5.74) is -1.46. The third-order valence-corrected chi connectivity index (χ3v) is 10.4. The van der Waals surface area contributed by atoms with E-state index < -0.39 is 46.8 Å². The van der Waals surface area contributed by atoms with Crippen molar-refractivity contribution in [1.29, 1.82) is 0 Å². The van der Waals surface area contributed by atoms with Crippen LogP contribution < -0.4 is 0 Å². The quantitative estimate of drug-likeness (QED) is 0.319. The summed E-state index contributed by atoms with van der Waals surface area (Å²) in [7, 11) is 0. The molecule has 1 saturated carbocycles. The normalized spacial score (nSPS) is 30.6. The highest BCUT2D eigenvalue weighted by Crippen LogP contribution is 2.67. The number of ether oxygens (including phenoxy) is 2. The van der Waals surface area contributed by atoms with Gasteiger partial charge in [0.25, 0.3) is 0 Å². The summed E-state index contributed by atoms with van der Waals surface area (Å²) in [6, 6.07) is 15.1. The van der Waals surface area contributed by atoms with E-state index in [0.717, 1.165) is 20.4 Å². The molecule has 2 aromatic carbocycles. The summed E-state index contributed by atoms with van der Waals surface area (Å²) >= 11 is 2.73. The maximum absolute atomic E-state index is 13.4. The van der Waals surface area contributed by atoms with Gasteiger partial charge in [-0.1, -0.05) is 24.3 Å². The van der Waals surface area contributed by atoms with Gasteiger partial charge in [0, 0.05) is 37.5 Å². The molecule has 10 heteroatoms. The Kier molecular flexibility index (Phi) is 5.46.